The van der Waals surface area contributed by atoms with Gasteiger partial charge in [-0.15, -0.1) is 0 Å². The standard InChI is InChI=1S/C19H27N3O2/c1-6-19(4,5)21-16(23)11-12-17-20-18(22-24-17)15-9-7-14(8-10-15)13(2)3/h7-10,13H,6,11-12H2,1-5H3,(H,21,23). The van der Waals surface area contributed by atoms with Crippen molar-refractivity contribution in [3.8, 4) is 11.4 Å². The zero-order chi connectivity index (χ0) is 17.7. The van der Waals surface area contributed by atoms with Crippen LogP contribution in [0.2, 0.25) is 0 Å². The fraction of sp³-hybridized carbons (Fsp3) is 0.526. The predicted molar refractivity (Wildman–Crippen MR) is 94.7 cm³/mol. The van der Waals surface area contributed by atoms with E-state index in [-0.39, 0.29) is 11.4 Å². The van der Waals surface area contributed by atoms with E-state index in [2.05, 4.69) is 48.4 Å². The number of nitrogens with one attached hydrogen (secondary N) is 1. The van der Waals surface area contributed by atoms with Crippen molar-refractivity contribution in [2.75, 3.05) is 0 Å². The third-order valence-electron chi connectivity index (χ3n) is 4.23. The normalized spacial score (nSPS) is 11.8. The Morgan fingerprint density at radius 1 is 1.25 bits per heavy atom. The van der Waals surface area contributed by atoms with Crippen molar-refractivity contribution in [2.45, 2.75) is 65.3 Å². The van der Waals surface area contributed by atoms with Gasteiger partial charge in [0.05, 0.1) is 0 Å². The van der Waals surface area contributed by atoms with Crippen LogP contribution >= 0.6 is 0 Å². The van der Waals surface area contributed by atoms with Crippen molar-refractivity contribution in [1.82, 2.24) is 15.5 Å². The highest BCUT2D eigenvalue weighted by Gasteiger charge is 2.18. The summed E-state index contributed by atoms with van der Waals surface area (Å²) in [6.45, 7) is 10.4. The van der Waals surface area contributed by atoms with Crippen molar-refractivity contribution < 1.29 is 9.32 Å². The minimum atomic E-state index is -0.185. The first-order valence-electron chi connectivity index (χ1n) is 8.54. The van der Waals surface area contributed by atoms with Gasteiger partial charge in [0.2, 0.25) is 17.6 Å². The number of carbonyl (C=O) groups excluding carboxylic acids is 1. The molecule has 0 saturated carbocycles. The molecule has 1 N–H and O–H groups in total. The summed E-state index contributed by atoms with van der Waals surface area (Å²) in [4.78, 5) is 16.4. The average Bonchev–Trinajstić information content (AvgIpc) is 3.01. The molecule has 1 heterocycles. The summed E-state index contributed by atoms with van der Waals surface area (Å²) in [5, 5.41) is 7.01. The smallest absolute Gasteiger partial charge is 0.227 e. The lowest BCUT2D eigenvalue weighted by molar-refractivity contribution is -0.122. The van der Waals surface area contributed by atoms with Gasteiger partial charge in [0.1, 0.15) is 0 Å². The third kappa shape index (κ3) is 4.91. The Balaban J connectivity index is 1.94. The van der Waals surface area contributed by atoms with E-state index in [1.165, 1.54) is 5.56 Å². The van der Waals surface area contributed by atoms with Crippen LogP contribution in [0.3, 0.4) is 0 Å². The van der Waals surface area contributed by atoms with E-state index >= 15 is 0 Å². The molecule has 5 heteroatoms. The van der Waals surface area contributed by atoms with Gasteiger partial charge in [0.25, 0.3) is 0 Å². The molecule has 1 aromatic carbocycles. The van der Waals surface area contributed by atoms with Gasteiger partial charge in [-0.05, 0) is 31.7 Å². The first kappa shape index (κ1) is 18.2. The Kier molecular flexibility index (Phi) is 5.75. The lowest BCUT2D eigenvalue weighted by Crippen LogP contribution is -2.42. The third-order valence-corrected chi connectivity index (χ3v) is 4.23. The van der Waals surface area contributed by atoms with Crippen LogP contribution in [0.25, 0.3) is 11.4 Å². The number of hydrogen-bond acceptors (Lipinski definition) is 4. The minimum Gasteiger partial charge on any atom is -0.351 e. The second kappa shape index (κ2) is 7.60. The van der Waals surface area contributed by atoms with E-state index in [9.17, 15) is 4.79 Å². The van der Waals surface area contributed by atoms with Crippen molar-refractivity contribution in [3.63, 3.8) is 0 Å². The minimum absolute atomic E-state index is 0.00267. The van der Waals surface area contributed by atoms with Gasteiger partial charge in [-0.3, -0.25) is 4.79 Å². The molecule has 5 nitrogen and oxygen atoms in total. The van der Waals surface area contributed by atoms with E-state index in [1.807, 2.05) is 26.0 Å². The molecule has 0 atom stereocenters. The van der Waals surface area contributed by atoms with Gasteiger partial charge in [-0.25, -0.2) is 0 Å². The molecule has 0 bridgehead atoms. The van der Waals surface area contributed by atoms with Gasteiger partial charge in [-0.1, -0.05) is 50.2 Å². The lowest BCUT2D eigenvalue weighted by atomic mass is 10.0. The monoisotopic (exact) mass is 329 g/mol. The summed E-state index contributed by atoms with van der Waals surface area (Å²) in [5.74, 6) is 1.55. The van der Waals surface area contributed by atoms with E-state index in [0.29, 0.717) is 30.5 Å². The Labute approximate surface area is 143 Å². The number of aromatic nitrogens is 2. The second-order valence-corrected chi connectivity index (χ2v) is 7.07. The number of amides is 1. The van der Waals surface area contributed by atoms with Crippen LogP contribution in [0.15, 0.2) is 28.8 Å². The first-order valence-corrected chi connectivity index (χ1v) is 8.54. The molecule has 1 aromatic heterocycles. The number of benzene rings is 1. The Bertz CT molecular complexity index is 672. The summed E-state index contributed by atoms with van der Waals surface area (Å²) in [6, 6.07) is 8.16. The summed E-state index contributed by atoms with van der Waals surface area (Å²) in [6.07, 6.45) is 1.68. The van der Waals surface area contributed by atoms with Crippen LogP contribution in [-0.4, -0.2) is 21.6 Å². The number of hydrogen-bond donors (Lipinski definition) is 1. The largest absolute Gasteiger partial charge is 0.351 e. The Hall–Kier alpha value is -2.17. The molecule has 2 rings (SSSR count). The molecule has 0 saturated heterocycles. The van der Waals surface area contributed by atoms with Crippen molar-refractivity contribution in [3.05, 3.63) is 35.7 Å². The molecule has 0 fully saturated rings. The van der Waals surface area contributed by atoms with Crippen LogP contribution in [0.5, 0.6) is 0 Å². The molecular weight excluding hydrogens is 302 g/mol. The quantitative estimate of drug-likeness (QED) is 0.830. The van der Waals surface area contributed by atoms with Gasteiger partial charge in [-0.2, -0.15) is 4.98 Å². The van der Waals surface area contributed by atoms with Gasteiger partial charge < -0.3 is 9.84 Å². The van der Waals surface area contributed by atoms with E-state index in [4.69, 9.17) is 4.52 Å². The summed E-state index contributed by atoms with van der Waals surface area (Å²) in [7, 11) is 0. The predicted octanol–water partition coefficient (Wildman–Crippen LogP) is 4.10. The molecule has 0 spiro atoms. The van der Waals surface area contributed by atoms with Crippen LogP contribution < -0.4 is 5.32 Å². The van der Waals surface area contributed by atoms with E-state index in [0.717, 1.165) is 12.0 Å². The maximum atomic E-state index is 12.0. The molecule has 0 radical (unpaired) electrons. The molecule has 130 valence electrons. The Morgan fingerprint density at radius 3 is 2.50 bits per heavy atom. The maximum Gasteiger partial charge on any atom is 0.227 e. The summed E-state index contributed by atoms with van der Waals surface area (Å²) >= 11 is 0. The number of rotatable bonds is 7. The number of aryl methyl sites for hydroxylation is 1. The number of nitrogens with zero attached hydrogens (tertiary/aromatic N) is 2. The van der Waals surface area contributed by atoms with Crippen LogP contribution in [0.1, 0.15) is 64.8 Å². The highest BCUT2D eigenvalue weighted by atomic mass is 16.5. The van der Waals surface area contributed by atoms with Gasteiger partial charge >= 0.3 is 0 Å². The molecule has 0 aliphatic heterocycles. The summed E-state index contributed by atoms with van der Waals surface area (Å²) < 4.78 is 5.26. The molecular formula is C19H27N3O2. The zero-order valence-electron chi connectivity index (χ0n) is 15.2. The molecule has 0 unspecified atom stereocenters. The topological polar surface area (TPSA) is 68.0 Å². The van der Waals surface area contributed by atoms with Crippen molar-refractivity contribution >= 4 is 5.91 Å². The maximum absolute atomic E-state index is 12.0. The SMILES string of the molecule is CCC(C)(C)NC(=O)CCc1nc(-c2ccc(C(C)C)cc2)no1. The van der Waals surface area contributed by atoms with Gasteiger partial charge in [0.15, 0.2) is 0 Å². The van der Waals surface area contributed by atoms with Crippen molar-refractivity contribution in [2.24, 2.45) is 0 Å². The molecule has 1 amide bonds. The fourth-order valence-electron chi connectivity index (χ4n) is 2.24. The van der Waals surface area contributed by atoms with Crippen molar-refractivity contribution in [1.29, 1.82) is 0 Å². The molecule has 2 aromatic rings. The highest BCUT2D eigenvalue weighted by Crippen LogP contribution is 2.20. The van der Waals surface area contributed by atoms with E-state index < -0.39 is 0 Å². The number of carbonyl (C=O) groups is 1. The van der Waals surface area contributed by atoms with Crippen LogP contribution in [-0.2, 0) is 11.2 Å². The van der Waals surface area contributed by atoms with Crippen LogP contribution in [0.4, 0.5) is 0 Å². The van der Waals surface area contributed by atoms with Crippen LogP contribution in [0, 0.1) is 0 Å². The van der Waals surface area contributed by atoms with E-state index in [1.54, 1.807) is 0 Å². The highest BCUT2D eigenvalue weighted by molar-refractivity contribution is 5.76. The Morgan fingerprint density at radius 2 is 1.92 bits per heavy atom. The molecule has 0 aliphatic rings. The van der Waals surface area contributed by atoms with Gasteiger partial charge in [0, 0.05) is 23.9 Å². The first-order chi connectivity index (χ1) is 11.3. The molecule has 0 aliphatic carbocycles. The molecule has 24 heavy (non-hydrogen) atoms. The lowest BCUT2D eigenvalue weighted by Gasteiger charge is -2.24. The zero-order valence-corrected chi connectivity index (χ0v) is 15.2. The fourth-order valence-corrected chi connectivity index (χ4v) is 2.24. The summed E-state index contributed by atoms with van der Waals surface area (Å²) in [5.41, 5.74) is 2.01. The average molecular weight is 329 g/mol. The second-order valence-electron chi connectivity index (χ2n) is 7.07.